The number of rotatable bonds is 6. The lowest BCUT2D eigenvalue weighted by Crippen LogP contribution is -2.24. The Hall–Kier alpha value is -0.970. The average Bonchev–Trinajstić information content (AvgIpc) is 3.09. The van der Waals surface area contributed by atoms with Gasteiger partial charge in [0, 0.05) is 23.0 Å². The summed E-state index contributed by atoms with van der Waals surface area (Å²) in [4.78, 5) is 0. The second kappa shape index (κ2) is 6.86. The molecule has 1 aromatic heterocycles. The van der Waals surface area contributed by atoms with Gasteiger partial charge in [-0.15, -0.1) is 0 Å². The van der Waals surface area contributed by atoms with Crippen molar-refractivity contribution in [3.8, 4) is 0 Å². The van der Waals surface area contributed by atoms with Crippen LogP contribution >= 0.6 is 11.8 Å². The summed E-state index contributed by atoms with van der Waals surface area (Å²) in [6.45, 7) is 6.16. The van der Waals surface area contributed by atoms with Crippen molar-refractivity contribution in [3.05, 3.63) is 36.1 Å². The van der Waals surface area contributed by atoms with Crippen LogP contribution in [0.4, 0.5) is 0 Å². The SMILES string of the molecule is CCNC(CSC1CCOC1C)c1cc2ccccc2o1. The van der Waals surface area contributed by atoms with Crippen LogP contribution in [0.3, 0.4) is 0 Å². The minimum absolute atomic E-state index is 0.264. The van der Waals surface area contributed by atoms with Crippen molar-refractivity contribution in [2.45, 2.75) is 37.7 Å². The Morgan fingerprint density at radius 3 is 2.95 bits per heavy atom. The number of hydrogen-bond acceptors (Lipinski definition) is 4. The molecular weight excluding hydrogens is 282 g/mol. The molecule has 4 heteroatoms. The van der Waals surface area contributed by atoms with Crippen molar-refractivity contribution < 1.29 is 9.15 Å². The third kappa shape index (κ3) is 3.44. The molecule has 1 fully saturated rings. The minimum atomic E-state index is 0.264. The van der Waals surface area contributed by atoms with Crippen LogP contribution in [0.1, 0.15) is 32.1 Å². The predicted octanol–water partition coefficient (Wildman–Crippen LogP) is 3.99. The monoisotopic (exact) mass is 305 g/mol. The molecule has 0 bridgehead atoms. The molecule has 0 saturated carbocycles. The highest BCUT2D eigenvalue weighted by Gasteiger charge is 2.26. The van der Waals surface area contributed by atoms with Gasteiger partial charge in [-0.1, -0.05) is 25.1 Å². The van der Waals surface area contributed by atoms with Crippen molar-refractivity contribution in [2.24, 2.45) is 0 Å². The van der Waals surface area contributed by atoms with Crippen LogP contribution in [0.2, 0.25) is 0 Å². The van der Waals surface area contributed by atoms with E-state index in [0.29, 0.717) is 11.4 Å². The molecule has 3 atom stereocenters. The summed E-state index contributed by atoms with van der Waals surface area (Å²) in [6.07, 6.45) is 1.53. The zero-order chi connectivity index (χ0) is 14.7. The highest BCUT2D eigenvalue weighted by atomic mass is 32.2. The fraction of sp³-hybridized carbons (Fsp3) is 0.529. The molecule has 0 aliphatic carbocycles. The number of thioether (sulfide) groups is 1. The predicted molar refractivity (Wildman–Crippen MR) is 88.9 cm³/mol. The number of benzene rings is 1. The Labute approximate surface area is 130 Å². The van der Waals surface area contributed by atoms with Crippen molar-refractivity contribution >= 4 is 22.7 Å². The number of fused-ring (bicyclic) bond motifs is 1. The summed E-state index contributed by atoms with van der Waals surface area (Å²) < 4.78 is 11.7. The van der Waals surface area contributed by atoms with Crippen LogP contribution in [-0.2, 0) is 4.74 Å². The number of hydrogen-bond donors (Lipinski definition) is 1. The molecule has 1 aliphatic rings. The average molecular weight is 305 g/mol. The van der Waals surface area contributed by atoms with Gasteiger partial charge in [-0.3, -0.25) is 0 Å². The number of furan rings is 1. The smallest absolute Gasteiger partial charge is 0.134 e. The Morgan fingerprint density at radius 2 is 2.24 bits per heavy atom. The highest BCUT2D eigenvalue weighted by Crippen LogP contribution is 2.31. The van der Waals surface area contributed by atoms with E-state index in [0.717, 1.165) is 36.7 Å². The molecule has 1 saturated heterocycles. The summed E-state index contributed by atoms with van der Waals surface area (Å²) in [7, 11) is 0. The van der Waals surface area contributed by atoms with E-state index in [1.807, 2.05) is 23.9 Å². The Kier molecular flexibility index (Phi) is 4.88. The van der Waals surface area contributed by atoms with Crippen molar-refractivity contribution in [1.82, 2.24) is 5.32 Å². The van der Waals surface area contributed by atoms with Gasteiger partial charge in [0.25, 0.3) is 0 Å². The van der Waals surface area contributed by atoms with Crippen LogP contribution in [0.25, 0.3) is 11.0 Å². The molecule has 1 aliphatic heterocycles. The Morgan fingerprint density at radius 1 is 1.38 bits per heavy atom. The Balaban J connectivity index is 1.71. The van der Waals surface area contributed by atoms with Crippen LogP contribution in [0.5, 0.6) is 0 Å². The third-order valence-corrected chi connectivity index (χ3v) is 5.60. The number of ether oxygens (including phenoxy) is 1. The van der Waals surface area contributed by atoms with E-state index in [9.17, 15) is 0 Å². The molecule has 0 spiro atoms. The van der Waals surface area contributed by atoms with Gasteiger partial charge >= 0.3 is 0 Å². The van der Waals surface area contributed by atoms with Crippen LogP contribution in [0, 0.1) is 0 Å². The maximum Gasteiger partial charge on any atom is 0.134 e. The van der Waals surface area contributed by atoms with Gasteiger partial charge in [-0.05, 0) is 32.0 Å². The van der Waals surface area contributed by atoms with Crippen molar-refractivity contribution in [2.75, 3.05) is 18.9 Å². The zero-order valence-electron chi connectivity index (χ0n) is 12.7. The second-order valence-electron chi connectivity index (χ2n) is 5.53. The van der Waals surface area contributed by atoms with Crippen molar-refractivity contribution in [3.63, 3.8) is 0 Å². The highest BCUT2D eigenvalue weighted by molar-refractivity contribution is 8.00. The van der Waals surface area contributed by atoms with Gasteiger partial charge < -0.3 is 14.5 Å². The fourth-order valence-corrected chi connectivity index (χ4v) is 4.15. The van der Waals surface area contributed by atoms with E-state index in [4.69, 9.17) is 9.15 Å². The summed E-state index contributed by atoms with van der Waals surface area (Å²) in [5.74, 6) is 2.06. The van der Waals surface area contributed by atoms with Gasteiger partial charge in [0.1, 0.15) is 11.3 Å². The minimum Gasteiger partial charge on any atom is -0.459 e. The molecule has 3 unspecified atom stereocenters. The molecule has 1 N–H and O–H groups in total. The van der Waals surface area contributed by atoms with Crippen LogP contribution in [-0.4, -0.2) is 30.3 Å². The second-order valence-corrected chi connectivity index (χ2v) is 6.81. The van der Waals surface area contributed by atoms with Gasteiger partial charge in [-0.25, -0.2) is 0 Å². The lowest BCUT2D eigenvalue weighted by atomic mass is 10.2. The Bertz CT molecular complexity index is 550. The van der Waals surface area contributed by atoms with Crippen molar-refractivity contribution in [1.29, 1.82) is 0 Å². The largest absolute Gasteiger partial charge is 0.459 e. The van der Waals surface area contributed by atoms with Gasteiger partial charge in [-0.2, -0.15) is 11.8 Å². The fourth-order valence-electron chi connectivity index (χ4n) is 2.81. The first-order valence-corrected chi connectivity index (χ1v) is 8.78. The first-order chi connectivity index (χ1) is 10.3. The van der Waals surface area contributed by atoms with E-state index >= 15 is 0 Å². The van der Waals surface area contributed by atoms with E-state index < -0.39 is 0 Å². The standard InChI is InChI=1S/C17H23NO2S/c1-3-18-14(11-21-17-8-9-19-12(17)2)16-10-13-6-4-5-7-15(13)20-16/h4-7,10,12,14,17-18H,3,8-9,11H2,1-2H3. The summed E-state index contributed by atoms with van der Waals surface area (Å²) in [6, 6.07) is 10.6. The summed E-state index contributed by atoms with van der Waals surface area (Å²) in [5.41, 5.74) is 0.970. The maximum absolute atomic E-state index is 6.02. The lowest BCUT2D eigenvalue weighted by molar-refractivity contribution is 0.127. The normalized spacial score (nSPS) is 23.7. The third-order valence-electron chi connectivity index (χ3n) is 4.02. The first-order valence-electron chi connectivity index (χ1n) is 7.73. The molecule has 2 heterocycles. The van der Waals surface area contributed by atoms with Gasteiger partial charge in [0.2, 0.25) is 0 Å². The van der Waals surface area contributed by atoms with E-state index in [1.54, 1.807) is 0 Å². The molecular formula is C17H23NO2S. The molecule has 21 heavy (non-hydrogen) atoms. The molecule has 3 nitrogen and oxygen atoms in total. The molecule has 0 amide bonds. The number of para-hydroxylation sites is 1. The van der Waals surface area contributed by atoms with E-state index in [-0.39, 0.29) is 6.04 Å². The molecule has 1 aromatic carbocycles. The molecule has 2 aromatic rings. The van der Waals surface area contributed by atoms with Crippen LogP contribution < -0.4 is 5.32 Å². The maximum atomic E-state index is 6.02. The first kappa shape index (κ1) is 14.9. The topological polar surface area (TPSA) is 34.4 Å². The van der Waals surface area contributed by atoms with E-state index in [1.165, 1.54) is 5.39 Å². The van der Waals surface area contributed by atoms with Gasteiger partial charge in [0.15, 0.2) is 0 Å². The summed E-state index contributed by atoms with van der Waals surface area (Å²) >= 11 is 2.00. The van der Waals surface area contributed by atoms with Crippen LogP contribution in [0.15, 0.2) is 34.7 Å². The molecule has 114 valence electrons. The van der Waals surface area contributed by atoms with Gasteiger partial charge in [0.05, 0.1) is 12.1 Å². The quantitative estimate of drug-likeness (QED) is 0.875. The summed E-state index contributed by atoms with van der Waals surface area (Å²) in [5, 5.41) is 5.33. The molecule has 3 rings (SSSR count). The zero-order valence-corrected chi connectivity index (χ0v) is 13.5. The van der Waals surface area contributed by atoms with E-state index in [2.05, 4.69) is 37.4 Å². The lowest BCUT2D eigenvalue weighted by Gasteiger charge is -2.19. The molecule has 0 radical (unpaired) electrons. The number of nitrogens with one attached hydrogen (secondary N) is 1.